The fourth-order valence-corrected chi connectivity index (χ4v) is 3.42. The molecule has 1 saturated carbocycles. The summed E-state index contributed by atoms with van der Waals surface area (Å²) < 4.78 is 1.91. The third-order valence-corrected chi connectivity index (χ3v) is 5.25. The molecule has 0 unspecified atom stereocenters. The summed E-state index contributed by atoms with van der Waals surface area (Å²) in [5.41, 5.74) is 5.48. The number of hydrogen-bond acceptors (Lipinski definition) is 4. The van der Waals surface area contributed by atoms with Crippen LogP contribution >= 0.6 is 0 Å². The predicted molar refractivity (Wildman–Crippen MR) is 115 cm³/mol. The van der Waals surface area contributed by atoms with Crippen molar-refractivity contribution in [2.24, 2.45) is 0 Å². The molecule has 0 spiro atoms. The molecule has 0 radical (unpaired) electrons. The Hall–Kier alpha value is -3.15. The molecule has 1 aliphatic carbocycles. The van der Waals surface area contributed by atoms with Gasteiger partial charge in [0.25, 0.3) is 0 Å². The lowest BCUT2D eigenvalue weighted by Crippen LogP contribution is -2.20. The zero-order chi connectivity index (χ0) is 20.4. The van der Waals surface area contributed by atoms with Gasteiger partial charge in [0.1, 0.15) is 5.82 Å². The van der Waals surface area contributed by atoms with Crippen LogP contribution in [0.25, 0.3) is 5.65 Å². The molecular formula is C23H27N5O. The summed E-state index contributed by atoms with van der Waals surface area (Å²) in [6, 6.07) is 10.3. The van der Waals surface area contributed by atoms with Gasteiger partial charge in [0, 0.05) is 36.3 Å². The van der Waals surface area contributed by atoms with Crippen molar-refractivity contribution >= 4 is 17.4 Å². The van der Waals surface area contributed by atoms with Gasteiger partial charge in [-0.3, -0.25) is 4.79 Å². The molecule has 1 amide bonds. The van der Waals surface area contributed by atoms with Crippen LogP contribution in [0.2, 0.25) is 0 Å². The number of aromatic nitrogens is 3. The van der Waals surface area contributed by atoms with Crippen LogP contribution in [0.3, 0.4) is 0 Å². The van der Waals surface area contributed by atoms with Crippen LogP contribution in [0.5, 0.6) is 0 Å². The van der Waals surface area contributed by atoms with E-state index in [2.05, 4.69) is 54.4 Å². The molecule has 6 heteroatoms. The smallest absolute Gasteiger partial charge is 0.243 e. The summed E-state index contributed by atoms with van der Waals surface area (Å²) in [4.78, 5) is 16.3. The van der Waals surface area contributed by atoms with Crippen molar-refractivity contribution in [2.45, 2.75) is 51.6 Å². The first-order valence-corrected chi connectivity index (χ1v) is 10.2. The number of hydrogen-bond donors (Lipinski definition) is 2. The van der Waals surface area contributed by atoms with Gasteiger partial charge in [0.15, 0.2) is 5.65 Å². The zero-order valence-corrected chi connectivity index (χ0v) is 17.0. The number of fused-ring (bicyclic) bond motifs is 1. The molecule has 6 nitrogen and oxygen atoms in total. The first kappa shape index (κ1) is 19.2. The third-order valence-electron chi connectivity index (χ3n) is 5.25. The summed E-state index contributed by atoms with van der Waals surface area (Å²) >= 11 is 0. The Labute approximate surface area is 171 Å². The predicted octanol–water partition coefficient (Wildman–Crippen LogP) is 4.14. The number of carbonyl (C=O) groups is 1. The lowest BCUT2D eigenvalue weighted by atomic mass is 10.1. The summed E-state index contributed by atoms with van der Waals surface area (Å²) in [6.45, 7) is 8.98. The van der Waals surface area contributed by atoms with E-state index < -0.39 is 0 Å². The quantitative estimate of drug-likeness (QED) is 0.568. The van der Waals surface area contributed by atoms with Gasteiger partial charge in [-0.25, -0.2) is 4.98 Å². The molecule has 0 atom stereocenters. The standard InChI is InChI=1S/C23H27N5O/c1-4-22(29)25-13-17-7-5-6-16(10-17)12-24-21-11-20(18-8-9-18)27-23-19(15(2)3)14-26-28(21)23/h4-7,10-11,14-15,18,24H,1,8-9,12-13H2,2-3H3,(H,25,29). The molecule has 29 heavy (non-hydrogen) atoms. The van der Waals surface area contributed by atoms with E-state index in [1.54, 1.807) is 0 Å². The highest BCUT2D eigenvalue weighted by molar-refractivity contribution is 5.86. The van der Waals surface area contributed by atoms with Crippen LogP contribution in [0.1, 0.15) is 60.9 Å². The number of nitrogens with zero attached hydrogens (tertiary/aromatic N) is 3. The first-order valence-electron chi connectivity index (χ1n) is 10.2. The fraction of sp³-hybridized carbons (Fsp3) is 0.348. The van der Waals surface area contributed by atoms with E-state index in [1.807, 2.05) is 22.8 Å². The molecule has 1 aromatic carbocycles. The van der Waals surface area contributed by atoms with E-state index in [-0.39, 0.29) is 5.91 Å². The SMILES string of the molecule is C=CC(=O)NCc1cccc(CNc2cc(C3CC3)nc3c(C(C)C)cnn23)c1. The van der Waals surface area contributed by atoms with Crippen LogP contribution in [-0.4, -0.2) is 20.5 Å². The molecular weight excluding hydrogens is 362 g/mol. The van der Waals surface area contributed by atoms with Crippen molar-refractivity contribution in [1.82, 2.24) is 19.9 Å². The molecule has 0 bridgehead atoms. The first-order chi connectivity index (χ1) is 14.0. The highest BCUT2D eigenvalue weighted by Gasteiger charge is 2.27. The minimum atomic E-state index is -0.167. The van der Waals surface area contributed by atoms with Gasteiger partial charge in [-0.05, 0) is 36.0 Å². The highest BCUT2D eigenvalue weighted by Crippen LogP contribution is 2.40. The van der Waals surface area contributed by atoms with Crippen LogP contribution in [-0.2, 0) is 17.9 Å². The van der Waals surface area contributed by atoms with Gasteiger partial charge in [0.2, 0.25) is 5.91 Å². The van der Waals surface area contributed by atoms with Gasteiger partial charge in [-0.2, -0.15) is 9.61 Å². The minimum Gasteiger partial charge on any atom is -0.366 e. The maximum atomic E-state index is 11.4. The molecule has 1 fully saturated rings. The van der Waals surface area contributed by atoms with Gasteiger partial charge >= 0.3 is 0 Å². The van der Waals surface area contributed by atoms with Crippen LogP contribution in [0.4, 0.5) is 5.82 Å². The van der Waals surface area contributed by atoms with Crippen LogP contribution in [0.15, 0.2) is 49.2 Å². The topological polar surface area (TPSA) is 71.3 Å². The second-order valence-electron chi connectivity index (χ2n) is 7.93. The van der Waals surface area contributed by atoms with Crippen molar-refractivity contribution in [3.8, 4) is 0 Å². The maximum absolute atomic E-state index is 11.4. The highest BCUT2D eigenvalue weighted by atomic mass is 16.1. The molecule has 1 aliphatic rings. The third kappa shape index (κ3) is 4.31. The van der Waals surface area contributed by atoms with Gasteiger partial charge in [0.05, 0.1) is 6.20 Å². The number of rotatable bonds is 8. The van der Waals surface area contributed by atoms with Crippen molar-refractivity contribution in [3.63, 3.8) is 0 Å². The molecule has 2 N–H and O–H groups in total. The molecule has 3 aromatic rings. The van der Waals surface area contributed by atoms with E-state index in [1.165, 1.54) is 24.5 Å². The number of carbonyl (C=O) groups excluding carboxylic acids is 1. The minimum absolute atomic E-state index is 0.167. The molecule has 150 valence electrons. The molecule has 0 saturated heterocycles. The second-order valence-corrected chi connectivity index (χ2v) is 7.93. The van der Waals surface area contributed by atoms with Gasteiger partial charge in [-0.15, -0.1) is 0 Å². The Kier molecular flexibility index (Phi) is 5.34. The van der Waals surface area contributed by atoms with Crippen molar-refractivity contribution in [2.75, 3.05) is 5.32 Å². The summed E-state index contributed by atoms with van der Waals surface area (Å²) in [6.07, 6.45) is 5.64. The van der Waals surface area contributed by atoms with E-state index in [9.17, 15) is 4.79 Å². The zero-order valence-electron chi connectivity index (χ0n) is 17.0. The summed E-state index contributed by atoms with van der Waals surface area (Å²) in [7, 11) is 0. The Bertz CT molecular complexity index is 1050. The van der Waals surface area contributed by atoms with E-state index >= 15 is 0 Å². The molecule has 2 aromatic heterocycles. The fourth-order valence-electron chi connectivity index (χ4n) is 3.42. The van der Waals surface area contributed by atoms with Crippen molar-refractivity contribution < 1.29 is 4.79 Å². The lowest BCUT2D eigenvalue weighted by molar-refractivity contribution is -0.116. The Morgan fingerprint density at radius 1 is 1.28 bits per heavy atom. The number of nitrogens with one attached hydrogen (secondary N) is 2. The number of anilines is 1. The number of benzene rings is 1. The monoisotopic (exact) mass is 389 g/mol. The van der Waals surface area contributed by atoms with E-state index in [0.717, 1.165) is 28.3 Å². The lowest BCUT2D eigenvalue weighted by Gasteiger charge is -2.12. The van der Waals surface area contributed by atoms with E-state index in [4.69, 9.17) is 4.98 Å². The van der Waals surface area contributed by atoms with Crippen molar-refractivity contribution in [1.29, 1.82) is 0 Å². The Balaban J connectivity index is 1.55. The largest absolute Gasteiger partial charge is 0.366 e. The summed E-state index contributed by atoms with van der Waals surface area (Å²) in [5, 5.41) is 10.9. The molecule has 4 rings (SSSR count). The average molecular weight is 390 g/mol. The molecule has 0 aliphatic heterocycles. The van der Waals surface area contributed by atoms with Crippen molar-refractivity contribution in [3.05, 3.63) is 71.6 Å². The van der Waals surface area contributed by atoms with E-state index in [0.29, 0.717) is 24.9 Å². The molecule has 2 heterocycles. The Morgan fingerprint density at radius 3 is 2.72 bits per heavy atom. The second kappa shape index (κ2) is 8.07. The van der Waals surface area contributed by atoms with Crippen LogP contribution in [0, 0.1) is 0 Å². The van der Waals surface area contributed by atoms with Crippen LogP contribution < -0.4 is 10.6 Å². The summed E-state index contributed by atoms with van der Waals surface area (Å²) in [5.74, 6) is 1.76. The Morgan fingerprint density at radius 2 is 2.03 bits per heavy atom. The van der Waals surface area contributed by atoms with Gasteiger partial charge < -0.3 is 10.6 Å². The number of amides is 1. The van der Waals surface area contributed by atoms with Gasteiger partial charge in [-0.1, -0.05) is 44.7 Å². The normalized spacial score (nSPS) is 13.6. The maximum Gasteiger partial charge on any atom is 0.243 e. The average Bonchev–Trinajstić information content (AvgIpc) is 3.49.